The van der Waals surface area contributed by atoms with Crippen molar-refractivity contribution < 1.29 is 9.00 Å². The van der Waals surface area contributed by atoms with Gasteiger partial charge in [-0.15, -0.1) is 0 Å². The molecule has 0 saturated heterocycles. The molecule has 0 saturated carbocycles. The lowest BCUT2D eigenvalue weighted by molar-refractivity contribution is -0.124. The van der Waals surface area contributed by atoms with E-state index in [0.717, 1.165) is 0 Å². The third-order valence-corrected chi connectivity index (χ3v) is 3.39. The number of nitrogens with one attached hydrogen (secondary N) is 2. The zero-order chi connectivity index (χ0) is 11.1. The maximum absolute atomic E-state index is 11.4. The second-order valence-corrected chi connectivity index (χ2v) is 5.32. The molecule has 0 radical (unpaired) electrons. The normalized spacial score (nSPS) is 17.1. The first-order valence-electron chi connectivity index (χ1n) is 4.73. The fourth-order valence-corrected chi connectivity index (χ4v) is 1.25. The van der Waals surface area contributed by atoms with Crippen LogP contribution in [-0.2, 0) is 15.6 Å². The van der Waals surface area contributed by atoms with Crippen LogP contribution in [0.3, 0.4) is 0 Å². The first-order chi connectivity index (χ1) is 6.49. The average Bonchev–Trinajstić information content (AvgIpc) is 2.13. The summed E-state index contributed by atoms with van der Waals surface area (Å²) in [6.07, 6.45) is 1.65. The molecule has 0 bridgehead atoms. The van der Waals surface area contributed by atoms with Crippen LogP contribution in [0.1, 0.15) is 13.8 Å². The molecule has 5 heteroatoms. The van der Waals surface area contributed by atoms with E-state index in [9.17, 15) is 9.00 Å². The highest BCUT2D eigenvalue weighted by atomic mass is 32.2. The van der Waals surface area contributed by atoms with Crippen molar-refractivity contribution in [3.05, 3.63) is 0 Å². The Morgan fingerprint density at radius 1 is 1.36 bits per heavy atom. The van der Waals surface area contributed by atoms with E-state index in [1.54, 1.807) is 6.26 Å². The van der Waals surface area contributed by atoms with Gasteiger partial charge in [0.25, 0.3) is 0 Å². The van der Waals surface area contributed by atoms with Crippen LogP contribution < -0.4 is 10.6 Å². The minimum absolute atomic E-state index is 0.0108. The molecule has 0 rings (SSSR count). The second-order valence-electron chi connectivity index (χ2n) is 3.51. The molecule has 3 unspecified atom stereocenters. The second kappa shape index (κ2) is 6.95. The van der Waals surface area contributed by atoms with Gasteiger partial charge in [-0.2, -0.15) is 0 Å². The SMILES string of the molecule is CNCC(C)C(=O)NCC(C)S(C)=O. The molecule has 4 nitrogen and oxygen atoms in total. The lowest BCUT2D eigenvalue weighted by Gasteiger charge is -2.13. The van der Waals surface area contributed by atoms with E-state index < -0.39 is 10.8 Å². The van der Waals surface area contributed by atoms with Crippen LogP contribution in [0.4, 0.5) is 0 Å². The van der Waals surface area contributed by atoms with Crippen LogP contribution in [0.2, 0.25) is 0 Å². The van der Waals surface area contributed by atoms with Crippen LogP contribution in [0.15, 0.2) is 0 Å². The maximum Gasteiger partial charge on any atom is 0.224 e. The molecule has 14 heavy (non-hydrogen) atoms. The Labute approximate surface area is 88.3 Å². The number of rotatable bonds is 6. The van der Waals surface area contributed by atoms with Gasteiger partial charge in [-0.05, 0) is 14.0 Å². The predicted molar refractivity (Wildman–Crippen MR) is 59.6 cm³/mol. The van der Waals surface area contributed by atoms with Crippen molar-refractivity contribution in [3.8, 4) is 0 Å². The topological polar surface area (TPSA) is 58.2 Å². The van der Waals surface area contributed by atoms with E-state index in [0.29, 0.717) is 13.1 Å². The minimum atomic E-state index is -0.874. The quantitative estimate of drug-likeness (QED) is 0.647. The molecule has 0 aliphatic heterocycles. The Morgan fingerprint density at radius 2 is 1.93 bits per heavy atom. The smallest absolute Gasteiger partial charge is 0.224 e. The van der Waals surface area contributed by atoms with Crippen molar-refractivity contribution in [3.63, 3.8) is 0 Å². The molecule has 2 N–H and O–H groups in total. The lowest BCUT2D eigenvalue weighted by atomic mass is 10.1. The number of carbonyl (C=O) groups is 1. The molecule has 0 aromatic carbocycles. The molecule has 1 amide bonds. The van der Waals surface area contributed by atoms with Gasteiger partial charge in [0.1, 0.15) is 0 Å². The third-order valence-electron chi connectivity index (χ3n) is 2.09. The molecule has 0 spiro atoms. The van der Waals surface area contributed by atoms with Gasteiger partial charge in [0, 0.05) is 41.3 Å². The number of hydrogen-bond donors (Lipinski definition) is 2. The van der Waals surface area contributed by atoms with Crippen LogP contribution >= 0.6 is 0 Å². The Bertz CT molecular complexity index is 209. The largest absolute Gasteiger partial charge is 0.355 e. The van der Waals surface area contributed by atoms with E-state index in [2.05, 4.69) is 10.6 Å². The Kier molecular flexibility index (Phi) is 6.74. The molecule has 0 aliphatic rings. The molecular formula is C9H20N2O2S. The summed E-state index contributed by atoms with van der Waals surface area (Å²) in [6.45, 7) is 4.87. The standard InChI is InChI=1S/C9H20N2O2S/c1-7(5-10-3)9(12)11-6-8(2)14(4)13/h7-8,10H,5-6H2,1-4H3,(H,11,12). The highest BCUT2D eigenvalue weighted by Gasteiger charge is 2.13. The van der Waals surface area contributed by atoms with Gasteiger partial charge in [-0.25, -0.2) is 0 Å². The van der Waals surface area contributed by atoms with Crippen LogP contribution in [-0.4, -0.2) is 41.8 Å². The number of amides is 1. The molecule has 0 aromatic rings. The van der Waals surface area contributed by atoms with Gasteiger partial charge in [-0.3, -0.25) is 9.00 Å². The van der Waals surface area contributed by atoms with E-state index in [1.165, 1.54) is 0 Å². The van der Waals surface area contributed by atoms with Crippen molar-refractivity contribution in [2.75, 3.05) is 26.4 Å². The molecule has 0 fully saturated rings. The molecule has 84 valence electrons. The van der Waals surface area contributed by atoms with Gasteiger partial charge in [0.2, 0.25) is 5.91 Å². The molecular weight excluding hydrogens is 200 g/mol. The Hall–Kier alpha value is -0.420. The van der Waals surface area contributed by atoms with Crippen LogP contribution in [0.5, 0.6) is 0 Å². The third kappa shape index (κ3) is 5.34. The van der Waals surface area contributed by atoms with Gasteiger partial charge in [0.05, 0.1) is 0 Å². The van der Waals surface area contributed by atoms with E-state index in [-0.39, 0.29) is 17.1 Å². The van der Waals surface area contributed by atoms with Crippen molar-refractivity contribution in [1.82, 2.24) is 10.6 Å². The van der Waals surface area contributed by atoms with Crippen molar-refractivity contribution in [2.45, 2.75) is 19.1 Å². The maximum atomic E-state index is 11.4. The van der Waals surface area contributed by atoms with Crippen LogP contribution in [0.25, 0.3) is 0 Å². The highest BCUT2D eigenvalue weighted by Crippen LogP contribution is 1.94. The van der Waals surface area contributed by atoms with Crippen LogP contribution in [0, 0.1) is 5.92 Å². The van der Waals surface area contributed by atoms with E-state index >= 15 is 0 Å². The summed E-state index contributed by atoms with van der Waals surface area (Å²) in [5, 5.41) is 5.73. The summed E-state index contributed by atoms with van der Waals surface area (Å²) in [7, 11) is 0.939. The summed E-state index contributed by atoms with van der Waals surface area (Å²) >= 11 is 0. The predicted octanol–water partition coefficient (Wildman–Crippen LogP) is -0.275. The summed E-state index contributed by atoms with van der Waals surface area (Å²) in [5.74, 6) is -0.0332. The molecule has 0 heterocycles. The Morgan fingerprint density at radius 3 is 2.36 bits per heavy atom. The van der Waals surface area contributed by atoms with Crippen molar-refractivity contribution >= 4 is 16.7 Å². The molecule has 3 atom stereocenters. The van der Waals surface area contributed by atoms with E-state index in [1.807, 2.05) is 20.9 Å². The molecule has 0 aromatic heterocycles. The monoisotopic (exact) mass is 220 g/mol. The average molecular weight is 220 g/mol. The minimum Gasteiger partial charge on any atom is -0.355 e. The van der Waals surface area contributed by atoms with Gasteiger partial charge < -0.3 is 10.6 Å². The van der Waals surface area contributed by atoms with Gasteiger partial charge in [0.15, 0.2) is 0 Å². The van der Waals surface area contributed by atoms with Crippen molar-refractivity contribution in [2.24, 2.45) is 5.92 Å². The summed E-state index contributed by atoms with van der Waals surface area (Å²) in [4.78, 5) is 11.4. The fourth-order valence-electron chi connectivity index (χ4n) is 0.935. The zero-order valence-corrected chi connectivity index (χ0v) is 10.1. The van der Waals surface area contributed by atoms with E-state index in [4.69, 9.17) is 0 Å². The lowest BCUT2D eigenvalue weighted by Crippen LogP contribution is -2.38. The Balaban J connectivity index is 3.78. The van der Waals surface area contributed by atoms with Crippen molar-refractivity contribution in [1.29, 1.82) is 0 Å². The first-order valence-corrected chi connectivity index (χ1v) is 6.35. The number of carbonyl (C=O) groups excluding carboxylic acids is 1. The summed E-state index contributed by atoms with van der Waals surface area (Å²) < 4.78 is 11.0. The summed E-state index contributed by atoms with van der Waals surface area (Å²) in [6, 6.07) is 0. The zero-order valence-electron chi connectivity index (χ0n) is 9.29. The molecule has 0 aliphatic carbocycles. The number of hydrogen-bond acceptors (Lipinski definition) is 3. The van der Waals surface area contributed by atoms with Gasteiger partial charge >= 0.3 is 0 Å². The van der Waals surface area contributed by atoms with Gasteiger partial charge in [-0.1, -0.05) is 6.92 Å². The first kappa shape index (κ1) is 13.6. The highest BCUT2D eigenvalue weighted by molar-refractivity contribution is 7.84. The summed E-state index contributed by atoms with van der Waals surface area (Å²) in [5.41, 5.74) is 0. The fraction of sp³-hybridized carbons (Fsp3) is 0.889.